The van der Waals surface area contributed by atoms with Crippen LogP contribution in [0, 0.1) is 0 Å². The number of nitrogens with one attached hydrogen (secondary N) is 2. The van der Waals surface area contributed by atoms with Crippen LogP contribution in [-0.2, 0) is 9.59 Å². The third-order valence-electron chi connectivity index (χ3n) is 3.54. The van der Waals surface area contributed by atoms with E-state index in [1.165, 1.54) is 0 Å². The third-order valence-corrected chi connectivity index (χ3v) is 4.41. The van der Waals surface area contributed by atoms with Gasteiger partial charge in [0.1, 0.15) is 11.0 Å². The van der Waals surface area contributed by atoms with Gasteiger partial charge in [0.2, 0.25) is 11.8 Å². The average Bonchev–Trinajstić information content (AvgIpc) is 3.06. The predicted octanol–water partition coefficient (Wildman–Crippen LogP) is 2.85. The fourth-order valence-electron chi connectivity index (χ4n) is 2.40. The minimum absolute atomic E-state index is 0.0566. The number of fused-ring (bicyclic) bond motifs is 1. The Balaban J connectivity index is 1.53. The van der Waals surface area contributed by atoms with Crippen molar-refractivity contribution < 1.29 is 9.59 Å². The summed E-state index contributed by atoms with van der Waals surface area (Å²) in [5, 5.41) is 5.99. The van der Waals surface area contributed by atoms with Crippen LogP contribution in [-0.4, -0.2) is 45.6 Å². The fourth-order valence-corrected chi connectivity index (χ4v) is 3.13. The normalized spacial score (nSPS) is 10.9. The molecule has 2 aromatic carbocycles. The first-order valence-corrected chi connectivity index (χ1v) is 8.88. The van der Waals surface area contributed by atoms with Crippen molar-refractivity contribution in [3.8, 4) is 0 Å². The molecule has 0 spiro atoms. The Kier molecular flexibility index (Phi) is 5.77. The second-order valence-corrected chi connectivity index (χ2v) is 6.62. The smallest absolute Gasteiger partial charge is 0.238 e. The molecule has 134 valence electrons. The largest absolute Gasteiger partial charge is 0.324 e. The standard InChI is InChI=1S/C17H16ClN5O2S/c1-23(9-15(24)19-12-6-3-2-5-11(12)18)10-16(25)20-13-7-4-8-14-17(13)22-26-21-14/h2-8H,9-10H2,1H3,(H,19,24)(H,20,25). The number of nitrogens with zero attached hydrogens (tertiary/aromatic N) is 3. The van der Waals surface area contributed by atoms with Gasteiger partial charge < -0.3 is 10.6 Å². The number of carbonyl (C=O) groups excluding carboxylic acids is 2. The molecule has 3 rings (SSSR count). The van der Waals surface area contributed by atoms with E-state index in [0.29, 0.717) is 21.9 Å². The van der Waals surface area contributed by atoms with Crippen molar-refractivity contribution in [1.29, 1.82) is 0 Å². The second-order valence-electron chi connectivity index (χ2n) is 5.69. The van der Waals surface area contributed by atoms with Crippen LogP contribution >= 0.6 is 23.3 Å². The molecule has 9 heteroatoms. The first kappa shape index (κ1) is 18.2. The van der Waals surface area contributed by atoms with Gasteiger partial charge in [-0.15, -0.1) is 0 Å². The lowest BCUT2D eigenvalue weighted by molar-refractivity contribution is -0.119. The topological polar surface area (TPSA) is 87.2 Å². The molecular formula is C17H16ClN5O2S. The molecule has 1 heterocycles. The SMILES string of the molecule is CN(CC(=O)Nc1ccccc1Cl)CC(=O)Nc1cccc2nsnc12. The molecule has 0 fully saturated rings. The van der Waals surface area contributed by atoms with Gasteiger partial charge in [0.25, 0.3) is 0 Å². The zero-order chi connectivity index (χ0) is 18.5. The Labute approximate surface area is 159 Å². The summed E-state index contributed by atoms with van der Waals surface area (Å²) in [6, 6.07) is 12.4. The molecule has 0 aliphatic rings. The van der Waals surface area contributed by atoms with Gasteiger partial charge in [-0.05, 0) is 31.3 Å². The summed E-state index contributed by atoms with van der Waals surface area (Å²) in [7, 11) is 1.69. The van der Waals surface area contributed by atoms with Gasteiger partial charge in [0.05, 0.1) is 41.2 Å². The molecule has 7 nitrogen and oxygen atoms in total. The highest BCUT2D eigenvalue weighted by Crippen LogP contribution is 2.21. The van der Waals surface area contributed by atoms with Gasteiger partial charge >= 0.3 is 0 Å². The monoisotopic (exact) mass is 389 g/mol. The summed E-state index contributed by atoms with van der Waals surface area (Å²) < 4.78 is 8.32. The molecule has 1 aromatic heterocycles. The highest BCUT2D eigenvalue weighted by molar-refractivity contribution is 7.00. The van der Waals surface area contributed by atoms with Crippen LogP contribution in [0.2, 0.25) is 5.02 Å². The summed E-state index contributed by atoms with van der Waals surface area (Å²) in [5.41, 5.74) is 2.54. The second kappa shape index (κ2) is 8.22. The average molecular weight is 390 g/mol. The molecule has 0 aliphatic heterocycles. The molecule has 0 saturated heterocycles. The summed E-state index contributed by atoms with van der Waals surface area (Å²) in [6.07, 6.45) is 0. The molecule has 0 radical (unpaired) electrons. The number of benzene rings is 2. The minimum atomic E-state index is -0.251. The van der Waals surface area contributed by atoms with Crippen LogP contribution in [0.3, 0.4) is 0 Å². The molecule has 0 atom stereocenters. The molecule has 0 unspecified atom stereocenters. The maximum Gasteiger partial charge on any atom is 0.238 e. The Bertz CT molecular complexity index is 946. The fraction of sp³-hybridized carbons (Fsp3) is 0.176. The Hall–Kier alpha value is -2.55. The molecule has 0 bridgehead atoms. The number of amides is 2. The number of halogens is 1. The van der Waals surface area contributed by atoms with Crippen molar-refractivity contribution in [3.63, 3.8) is 0 Å². The number of carbonyl (C=O) groups is 2. The third kappa shape index (κ3) is 4.54. The number of rotatable bonds is 6. The zero-order valence-electron chi connectivity index (χ0n) is 13.9. The molecule has 0 aliphatic carbocycles. The lowest BCUT2D eigenvalue weighted by Crippen LogP contribution is -2.36. The predicted molar refractivity (Wildman–Crippen MR) is 104 cm³/mol. The van der Waals surface area contributed by atoms with Crippen molar-refractivity contribution in [3.05, 3.63) is 47.5 Å². The van der Waals surface area contributed by atoms with Gasteiger partial charge in [0.15, 0.2) is 0 Å². The van der Waals surface area contributed by atoms with Crippen molar-refractivity contribution in [2.24, 2.45) is 0 Å². The van der Waals surface area contributed by atoms with E-state index < -0.39 is 0 Å². The first-order chi connectivity index (χ1) is 12.5. The van der Waals surface area contributed by atoms with Gasteiger partial charge in [-0.1, -0.05) is 29.8 Å². The van der Waals surface area contributed by atoms with Crippen LogP contribution in [0.4, 0.5) is 11.4 Å². The molecule has 0 saturated carbocycles. The van der Waals surface area contributed by atoms with E-state index in [-0.39, 0.29) is 24.9 Å². The molecule has 2 N–H and O–H groups in total. The van der Waals surface area contributed by atoms with Gasteiger partial charge in [-0.2, -0.15) is 8.75 Å². The van der Waals surface area contributed by atoms with Gasteiger partial charge in [-0.3, -0.25) is 14.5 Å². The molecular weight excluding hydrogens is 374 g/mol. The first-order valence-electron chi connectivity index (χ1n) is 7.77. The lowest BCUT2D eigenvalue weighted by atomic mass is 10.2. The van der Waals surface area contributed by atoms with E-state index in [2.05, 4.69) is 19.4 Å². The van der Waals surface area contributed by atoms with Crippen LogP contribution in [0.1, 0.15) is 0 Å². The van der Waals surface area contributed by atoms with E-state index in [0.717, 1.165) is 17.2 Å². The van der Waals surface area contributed by atoms with Crippen molar-refractivity contribution in [2.45, 2.75) is 0 Å². The van der Waals surface area contributed by atoms with E-state index in [1.807, 2.05) is 6.07 Å². The zero-order valence-corrected chi connectivity index (χ0v) is 15.5. The van der Waals surface area contributed by atoms with E-state index >= 15 is 0 Å². The maximum atomic E-state index is 12.2. The number of anilines is 2. The van der Waals surface area contributed by atoms with Crippen LogP contribution in [0.25, 0.3) is 11.0 Å². The number of aromatic nitrogens is 2. The van der Waals surface area contributed by atoms with Crippen molar-refractivity contribution >= 4 is 57.6 Å². The minimum Gasteiger partial charge on any atom is -0.324 e. The van der Waals surface area contributed by atoms with E-state index in [1.54, 1.807) is 48.3 Å². The van der Waals surface area contributed by atoms with Crippen LogP contribution in [0.15, 0.2) is 42.5 Å². The summed E-state index contributed by atoms with van der Waals surface area (Å²) in [4.78, 5) is 25.9. The molecule has 26 heavy (non-hydrogen) atoms. The van der Waals surface area contributed by atoms with Crippen LogP contribution in [0.5, 0.6) is 0 Å². The Morgan fingerprint density at radius 3 is 2.38 bits per heavy atom. The quantitative estimate of drug-likeness (QED) is 0.676. The van der Waals surface area contributed by atoms with Gasteiger partial charge in [0, 0.05) is 0 Å². The molecule has 3 aromatic rings. The molecule has 2 amide bonds. The Morgan fingerprint density at radius 2 is 1.65 bits per heavy atom. The van der Waals surface area contributed by atoms with Gasteiger partial charge in [-0.25, -0.2) is 0 Å². The van der Waals surface area contributed by atoms with E-state index in [4.69, 9.17) is 11.6 Å². The number of hydrogen-bond donors (Lipinski definition) is 2. The highest BCUT2D eigenvalue weighted by atomic mass is 35.5. The highest BCUT2D eigenvalue weighted by Gasteiger charge is 2.13. The summed E-state index contributed by atoms with van der Waals surface area (Å²) in [6.45, 7) is 0.116. The number of hydrogen-bond acceptors (Lipinski definition) is 6. The number of para-hydroxylation sites is 1. The maximum absolute atomic E-state index is 12.2. The summed E-state index contributed by atoms with van der Waals surface area (Å²) >= 11 is 7.11. The number of likely N-dealkylation sites (N-methyl/N-ethyl adjacent to an activating group) is 1. The van der Waals surface area contributed by atoms with Crippen LogP contribution < -0.4 is 10.6 Å². The van der Waals surface area contributed by atoms with E-state index in [9.17, 15) is 9.59 Å². The lowest BCUT2D eigenvalue weighted by Gasteiger charge is -2.16. The summed E-state index contributed by atoms with van der Waals surface area (Å²) in [5.74, 6) is -0.488. The van der Waals surface area contributed by atoms with Crippen molar-refractivity contribution in [1.82, 2.24) is 13.6 Å². The van der Waals surface area contributed by atoms with Crippen molar-refractivity contribution in [2.75, 3.05) is 30.8 Å². The Morgan fingerprint density at radius 1 is 1.00 bits per heavy atom.